The van der Waals surface area contributed by atoms with Crippen molar-refractivity contribution in [1.82, 2.24) is 30.7 Å². The van der Waals surface area contributed by atoms with Crippen LogP contribution in [-0.4, -0.2) is 44.1 Å². The molecule has 0 aliphatic heterocycles. The molecule has 0 bridgehead atoms. The number of methoxy groups -OCH3 is 1. The highest BCUT2D eigenvalue weighted by atomic mass is 32.2. The molecule has 1 amide bonds. The van der Waals surface area contributed by atoms with Gasteiger partial charge in [-0.1, -0.05) is 18.7 Å². The Hall–Kier alpha value is -1.87. The zero-order chi connectivity index (χ0) is 15.1. The maximum Gasteiger partial charge on any atom is 0.230 e. The van der Waals surface area contributed by atoms with E-state index in [1.165, 1.54) is 11.8 Å². The molecule has 2 aromatic heterocycles. The van der Waals surface area contributed by atoms with Gasteiger partial charge in [0.05, 0.1) is 30.3 Å². The van der Waals surface area contributed by atoms with Gasteiger partial charge in [0.25, 0.3) is 0 Å². The highest BCUT2D eigenvalue weighted by Crippen LogP contribution is 2.11. The van der Waals surface area contributed by atoms with Crippen LogP contribution in [0.25, 0.3) is 0 Å². The zero-order valence-electron chi connectivity index (χ0n) is 12.0. The van der Waals surface area contributed by atoms with Crippen molar-refractivity contribution in [3.8, 4) is 0 Å². The third-order valence-corrected chi connectivity index (χ3v) is 3.48. The van der Waals surface area contributed by atoms with Crippen LogP contribution in [0.15, 0.2) is 11.2 Å². The predicted molar refractivity (Wildman–Crippen MR) is 77.6 cm³/mol. The molecule has 0 aliphatic carbocycles. The number of carbonyl (C=O) groups is 1. The maximum atomic E-state index is 11.7. The van der Waals surface area contributed by atoms with Crippen LogP contribution in [0, 0.1) is 0 Å². The van der Waals surface area contributed by atoms with E-state index >= 15 is 0 Å². The number of aromatic nitrogens is 5. The summed E-state index contributed by atoms with van der Waals surface area (Å²) in [5, 5.41) is 17.1. The maximum absolute atomic E-state index is 11.7. The molecule has 0 fully saturated rings. The van der Waals surface area contributed by atoms with Crippen molar-refractivity contribution in [3.63, 3.8) is 0 Å². The number of aryl methyl sites for hydroxylation is 1. The minimum atomic E-state index is -0.0780. The number of nitrogens with zero attached hydrogens (tertiary/aromatic N) is 3. The standard InChI is InChI=1S/C12H18N6O2S/c1-3-10-14-12(18-17-10)21-7-11(19)13-5-8-4-9(6-20-2)16-15-8/h4H,3,5-7H2,1-2H3,(H,13,19)(H,15,16)(H,14,17,18). The first-order valence-electron chi connectivity index (χ1n) is 6.54. The second kappa shape index (κ2) is 7.79. The molecule has 0 radical (unpaired) electrons. The molecule has 0 atom stereocenters. The quantitative estimate of drug-likeness (QED) is 0.618. The number of thioether (sulfide) groups is 1. The molecule has 21 heavy (non-hydrogen) atoms. The number of nitrogens with one attached hydrogen (secondary N) is 3. The van der Waals surface area contributed by atoms with Crippen molar-refractivity contribution >= 4 is 17.7 Å². The van der Waals surface area contributed by atoms with Crippen LogP contribution in [0.1, 0.15) is 24.1 Å². The lowest BCUT2D eigenvalue weighted by molar-refractivity contribution is -0.118. The lowest BCUT2D eigenvalue weighted by atomic mass is 10.3. The zero-order valence-corrected chi connectivity index (χ0v) is 12.8. The normalized spacial score (nSPS) is 10.8. The Balaban J connectivity index is 1.71. The molecule has 2 aromatic rings. The van der Waals surface area contributed by atoms with E-state index < -0.39 is 0 Å². The molecule has 114 valence electrons. The molecule has 0 spiro atoms. The smallest absolute Gasteiger partial charge is 0.230 e. The van der Waals surface area contributed by atoms with Gasteiger partial charge in [-0.25, -0.2) is 4.98 Å². The van der Waals surface area contributed by atoms with Crippen LogP contribution in [0.5, 0.6) is 0 Å². The van der Waals surface area contributed by atoms with Gasteiger partial charge in [-0.15, -0.1) is 5.10 Å². The van der Waals surface area contributed by atoms with Gasteiger partial charge in [0.1, 0.15) is 5.82 Å². The lowest BCUT2D eigenvalue weighted by Gasteiger charge is -2.01. The molecule has 2 rings (SSSR count). The summed E-state index contributed by atoms with van der Waals surface area (Å²) in [4.78, 5) is 16.0. The van der Waals surface area contributed by atoms with Crippen molar-refractivity contribution in [2.24, 2.45) is 0 Å². The van der Waals surface area contributed by atoms with Crippen LogP contribution in [0.3, 0.4) is 0 Å². The summed E-state index contributed by atoms with van der Waals surface area (Å²) in [6.45, 7) is 2.85. The van der Waals surface area contributed by atoms with E-state index in [2.05, 4.69) is 30.7 Å². The number of carbonyl (C=O) groups excluding carboxylic acids is 1. The highest BCUT2D eigenvalue weighted by molar-refractivity contribution is 7.99. The topological polar surface area (TPSA) is 109 Å². The van der Waals surface area contributed by atoms with E-state index in [0.717, 1.165) is 23.6 Å². The largest absolute Gasteiger partial charge is 0.378 e. The molecular weight excluding hydrogens is 292 g/mol. The summed E-state index contributed by atoms with van der Waals surface area (Å²) >= 11 is 1.30. The fraction of sp³-hybridized carbons (Fsp3) is 0.500. The number of amides is 1. The molecular formula is C12H18N6O2S. The Bertz CT molecular complexity index is 582. The van der Waals surface area contributed by atoms with Gasteiger partial charge in [-0.2, -0.15) is 5.10 Å². The molecule has 8 nitrogen and oxygen atoms in total. The van der Waals surface area contributed by atoms with Crippen molar-refractivity contribution in [2.45, 2.75) is 31.7 Å². The summed E-state index contributed by atoms with van der Waals surface area (Å²) in [7, 11) is 1.61. The van der Waals surface area contributed by atoms with Crippen molar-refractivity contribution < 1.29 is 9.53 Å². The predicted octanol–water partition coefficient (Wildman–Crippen LogP) is 0.645. The fourth-order valence-corrected chi connectivity index (χ4v) is 2.24. The second-order valence-electron chi connectivity index (χ2n) is 4.30. The minimum Gasteiger partial charge on any atom is -0.378 e. The van der Waals surface area contributed by atoms with Gasteiger partial charge in [0.15, 0.2) is 0 Å². The van der Waals surface area contributed by atoms with E-state index in [4.69, 9.17) is 4.74 Å². The van der Waals surface area contributed by atoms with E-state index in [9.17, 15) is 4.79 Å². The van der Waals surface area contributed by atoms with Crippen molar-refractivity contribution in [1.29, 1.82) is 0 Å². The first kappa shape index (κ1) is 15.5. The Morgan fingerprint density at radius 1 is 1.43 bits per heavy atom. The Morgan fingerprint density at radius 2 is 2.29 bits per heavy atom. The van der Waals surface area contributed by atoms with Crippen molar-refractivity contribution in [3.05, 3.63) is 23.3 Å². The monoisotopic (exact) mass is 310 g/mol. The molecule has 3 N–H and O–H groups in total. The average molecular weight is 310 g/mol. The molecule has 0 saturated heterocycles. The number of H-pyrrole nitrogens is 2. The van der Waals surface area contributed by atoms with E-state index in [1.807, 2.05) is 13.0 Å². The fourth-order valence-electron chi connectivity index (χ4n) is 1.60. The molecule has 0 unspecified atom stereocenters. The first-order chi connectivity index (χ1) is 10.2. The summed E-state index contributed by atoms with van der Waals surface area (Å²) in [6, 6.07) is 1.86. The summed E-state index contributed by atoms with van der Waals surface area (Å²) in [5.41, 5.74) is 1.65. The third-order valence-electron chi connectivity index (χ3n) is 2.63. The van der Waals surface area contributed by atoms with Crippen molar-refractivity contribution in [2.75, 3.05) is 12.9 Å². The van der Waals surface area contributed by atoms with E-state index in [-0.39, 0.29) is 11.7 Å². The van der Waals surface area contributed by atoms with Gasteiger partial charge in [-0.05, 0) is 6.07 Å². The van der Waals surface area contributed by atoms with Crippen LogP contribution < -0.4 is 5.32 Å². The number of aromatic amines is 2. The Kier molecular flexibility index (Phi) is 5.76. The minimum absolute atomic E-state index is 0.0780. The van der Waals surface area contributed by atoms with Crippen LogP contribution in [-0.2, 0) is 29.1 Å². The summed E-state index contributed by atoms with van der Waals surface area (Å²) in [6.07, 6.45) is 0.795. The van der Waals surface area contributed by atoms with Crippen LogP contribution in [0.4, 0.5) is 0 Å². The number of hydrogen-bond donors (Lipinski definition) is 3. The van der Waals surface area contributed by atoms with Gasteiger partial charge in [0.2, 0.25) is 11.1 Å². The summed E-state index contributed by atoms with van der Waals surface area (Å²) in [5.74, 6) is 1.02. The second-order valence-corrected chi connectivity index (χ2v) is 5.24. The molecule has 0 aromatic carbocycles. The van der Waals surface area contributed by atoms with E-state index in [1.54, 1.807) is 7.11 Å². The highest BCUT2D eigenvalue weighted by Gasteiger charge is 2.08. The van der Waals surface area contributed by atoms with E-state index in [0.29, 0.717) is 18.3 Å². The van der Waals surface area contributed by atoms with Gasteiger partial charge < -0.3 is 10.1 Å². The van der Waals surface area contributed by atoms with Crippen LogP contribution >= 0.6 is 11.8 Å². The Labute approximate surface area is 126 Å². The number of hydrogen-bond acceptors (Lipinski definition) is 6. The molecule has 0 aliphatic rings. The summed E-state index contributed by atoms with van der Waals surface area (Å²) < 4.78 is 4.98. The number of ether oxygens (including phenoxy) is 1. The Morgan fingerprint density at radius 3 is 3.00 bits per heavy atom. The average Bonchev–Trinajstić information content (AvgIpc) is 3.12. The lowest BCUT2D eigenvalue weighted by Crippen LogP contribution is -2.24. The van der Waals surface area contributed by atoms with Crippen LogP contribution in [0.2, 0.25) is 0 Å². The SMILES string of the molecule is CCc1nc(SCC(=O)NCc2cc(COC)n[nH]2)n[nH]1. The van der Waals surface area contributed by atoms with Gasteiger partial charge in [0, 0.05) is 13.5 Å². The first-order valence-corrected chi connectivity index (χ1v) is 7.52. The third kappa shape index (κ3) is 4.87. The molecule has 9 heteroatoms. The van der Waals surface area contributed by atoms with Gasteiger partial charge in [-0.3, -0.25) is 15.0 Å². The number of rotatable bonds is 8. The molecule has 2 heterocycles. The molecule has 0 saturated carbocycles. The van der Waals surface area contributed by atoms with Gasteiger partial charge >= 0.3 is 0 Å².